The lowest BCUT2D eigenvalue weighted by molar-refractivity contribution is -0.137. The third-order valence-corrected chi connectivity index (χ3v) is 2.22. The second-order valence-electron chi connectivity index (χ2n) is 3.24. The molecule has 77 valence electrons. The molecule has 2 rings (SSSR count). The van der Waals surface area contributed by atoms with Crippen molar-refractivity contribution in [3.05, 3.63) is 53.6 Å². The highest BCUT2D eigenvalue weighted by molar-refractivity contribution is 5.76. The SMILES string of the molecule is FC(F)(F)c1ccccc1C1=[C]CC=C1. The first-order valence-corrected chi connectivity index (χ1v) is 4.53. The summed E-state index contributed by atoms with van der Waals surface area (Å²) >= 11 is 0. The Morgan fingerprint density at radius 2 is 1.87 bits per heavy atom. The summed E-state index contributed by atoms with van der Waals surface area (Å²) in [7, 11) is 0. The van der Waals surface area contributed by atoms with Crippen molar-refractivity contribution < 1.29 is 13.2 Å². The second-order valence-corrected chi connectivity index (χ2v) is 3.24. The summed E-state index contributed by atoms with van der Waals surface area (Å²) in [6.45, 7) is 0. The first kappa shape index (κ1) is 10.0. The molecule has 0 fully saturated rings. The average molecular weight is 209 g/mol. The Balaban J connectivity index is 2.52. The Hall–Kier alpha value is -1.51. The molecule has 3 heteroatoms. The molecule has 1 aliphatic carbocycles. The molecule has 1 aromatic carbocycles. The Kier molecular flexibility index (Phi) is 2.39. The van der Waals surface area contributed by atoms with Gasteiger partial charge in [-0.3, -0.25) is 0 Å². The lowest BCUT2D eigenvalue weighted by Crippen LogP contribution is -2.08. The lowest BCUT2D eigenvalue weighted by atomic mass is 10.0. The van der Waals surface area contributed by atoms with E-state index >= 15 is 0 Å². The van der Waals surface area contributed by atoms with E-state index in [1.165, 1.54) is 12.1 Å². The van der Waals surface area contributed by atoms with E-state index in [4.69, 9.17) is 0 Å². The molecule has 0 unspecified atom stereocenters. The van der Waals surface area contributed by atoms with E-state index in [9.17, 15) is 13.2 Å². The molecule has 0 saturated carbocycles. The monoisotopic (exact) mass is 209 g/mol. The van der Waals surface area contributed by atoms with Gasteiger partial charge in [0.25, 0.3) is 0 Å². The minimum atomic E-state index is -4.30. The number of halogens is 3. The van der Waals surface area contributed by atoms with Crippen molar-refractivity contribution in [2.24, 2.45) is 0 Å². The Morgan fingerprint density at radius 3 is 2.47 bits per heavy atom. The molecule has 0 heterocycles. The van der Waals surface area contributed by atoms with Crippen molar-refractivity contribution in [2.45, 2.75) is 12.6 Å². The summed E-state index contributed by atoms with van der Waals surface area (Å²) in [6, 6.07) is 5.56. The number of rotatable bonds is 1. The molecule has 0 atom stereocenters. The summed E-state index contributed by atoms with van der Waals surface area (Å²) in [5.74, 6) is 0. The number of benzene rings is 1. The third-order valence-electron chi connectivity index (χ3n) is 2.22. The Labute approximate surface area is 85.7 Å². The van der Waals surface area contributed by atoms with E-state index in [1.807, 2.05) is 0 Å². The molecule has 1 aromatic rings. The van der Waals surface area contributed by atoms with Crippen molar-refractivity contribution in [1.82, 2.24) is 0 Å². The van der Waals surface area contributed by atoms with E-state index in [2.05, 4.69) is 6.08 Å². The molecular weight excluding hydrogens is 201 g/mol. The first-order valence-electron chi connectivity index (χ1n) is 4.53. The largest absolute Gasteiger partial charge is 0.417 e. The van der Waals surface area contributed by atoms with Crippen LogP contribution in [-0.4, -0.2) is 0 Å². The fourth-order valence-electron chi connectivity index (χ4n) is 1.55. The van der Waals surface area contributed by atoms with Gasteiger partial charge in [-0.15, -0.1) is 0 Å². The molecule has 1 aliphatic rings. The van der Waals surface area contributed by atoms with Crippen molar-refractivity contribution in [3.63, 3.8) is 0 Å². The van der Waals surface area contributed by atoms with Gasteiger partial charge in [-0.1, -0.05) is 30.4 Å². The van der Waals surface area contributed by atoms with Crippen LogP contribution < -0.4 is 0 Å². The minimum absolute atomic E-state index is 0.207. The molecule has 0 N–H and O–H groups in total. The fraction of sp³-hybridized carbons (Fsp3) is 0.167. The van der Waals surface area contributed by atoms with Crippen LogP contribution in [0.5, 0.6) is 0 Å². The highest BCUT2D eigenvalue weighted by Gasteiger charge is 2.33. The van der Waals surface area contributed by atoms with Crippen molar-refractivity contribution in [3.8, 4) is 0 Å². The third kappa shape index (κ3) is 1.96. The Morgan fingerprint density at radius 1 is 1.13 bits per heavy atom. The highest BCUT2D eigenvalue weighted by Crippen LogP contribution is 2.36. The summed E-state index contributed by atoms with van der Waals surface area (Å²) in [4.78, 5) is 0. The van der Waals surface area contributed by atoms with Crippen LogP contribution in [0.1, 0.15) is 17.5 Å². The molecule has 0 amide bonds. The number of allylic oxidation sites excluding steroid dienone is 4. The van der Waals surface area contributed by atoms with E-state index in [0.29, 0.717) is 12.0 Å². The van der Waals surface area contributed by atoms with Crippen LogP contribution in [0.4, 0.5) is 13.2 Å². The normalized spacial score (nSPS) is 15.5. The first-order chi connectivity index (χ1) is 7.09. The molecule has 0 spiro atoms. The van der Waals surface area contributed by atoms with Gasteiger partial charge < -0.3 is 0 Å². The topological polar surface area (TPSA) is 0 Å². The molecule has 1 radical (unpaired) electrons. The molecule has 0 aromatic heterocycles. The van der Waals surface area contributed by atoms with Gasteiger partial charge in [-0.2, -0.15) is 13.2 Å². The second kappa shape index (κ2) is 3.57. The predicted octanol–water partition coefficient (Wildman–Crippen LogP) is 3.85. The van der Waals surface area contributed by atoms with Crippen molar-refractivity contribution in [2.75, 3.05) is 0 Å². The van der Waals surface area contributed by atoms with Gasteiger partial charge in [0.15, 0.2) is 0 Å². The van der Waals surface area contributed by atoms with Crippen molar-refractivity contribution in [1.29, 1.82) is 0 Å². The molecular formula is C12H8F3. The zero-order chi connectivity index (χ0) is 10.9. The van der Waals surface area contributed by atoms with E-state index in [0.717, 1.165) is 6.07 Å². The highest BCUT2D eigenvalue weighted by atomic mass is 19.4. The standard InChI is InChI=1S/C12H8F3/c13-12(14,15)11-8-4-3-7-10(11)9-5-1-2-6-9/h1,3-5,7-8H,2H2. The van der Waals surface area contributed by atoms with Gasteiger partial charge >= 0.3 is 6.18 Å². The van der Waals surface area contributed by atoms with Crippen LogP contribution >= 0.6 is 0 Å². The number of hydrogen-bond acceptors (Lipinski definition) is 0. The summed E-state index contributed by atoms with van der Waals surface area (Å²) in [5.41, 5.74) is 0.140. The maximum absolute atomic E-state index is 12.6. The molecule has 0 bridgehead atoms. The van der Waals surface area contributed by atoms with Gasteiger partial charge in [0.2, 0.25) is 0 Å². The Bertz CT molecular complexity index is 425. The lowest BCUT2D eigenvalue weighted by Gasteiger charge is -2.12. The van der Waals surface area contributed by atoms with Gasteiger partial charge in [-0.25, -0.2) is 0 Å². The zero-order valence-corrected chi connectivity index (χ0v) is 7.81. The molecule has 0 nitrogen and oxygen atoms in total. The quantitative estimate of drug-likeness (QED) is 0.659. The van der Waals surface area contributed by atoms with E-state index in [-0.39, 0.29) is 5.56 Å². The smallest absolute Gasteiger partial charge is 0.166 e. The molecule has 0 aliphatic heterocycles. The molecule has 15 heavy (non-hydrogen) atoms. The minimum Gasteiger partial charge on any atom is -0.166 e. The van der Waals surface area contributed by atoms with Gasteiger partial charge in [0.05, 0.1) is 5.56 Å². The number of alkyl halides is 3. The zero-order valence-electron chi connectivity index (χ0n) is 7.81. The van der Waals surface area contributed by atoms with E-state index in [1.54, 1.807) is 18.2 Å². The van der Waals surface area contributed by atoms with Crippen molar-refractivity contribution >= 4 is 5.57 Å². The van der Waals surface area contributed by atoms with Gasteiger partial charge in [0.1, 0.15) is 0 Å². The number of hydrogen-bond donors (Lipinski definition) is 0. The summed E-state index contributed by atoms with van der Waals surface area (Å²) in [5, 5.41) is 0. The van der Waals surface area contributed by atoms with Crippen LogP contribution in [0.3, 0.4) is 0 Å². The van der Waals surface area contributed by atoms with Gasteiger partial charge in [-0.05, 0) is 29.7 Å². The average Bonchev–Trinajstić information content (AvgIpc) is 2.69. The molecule has 0 saturated heterocycles. The predicted molar refractivity (Wildman–Crippen MR) is 51.9 cm³/mol. The fourth-order valence-corrected chi connectivity index (χ4v) is 1.55. The maximum Gasteiger partial charge on any atom is 0.417 e. The van der Waals surface area contributed by atoms with Gasteiger partial charge in [0, 0.05) is 0 Å². The van der Waals surface area contributed by atoms with Crippen LogP contribution in [0.25, 0.3) is 5.57 Å². The van der Waals surface area contributed by atoms with Crippen LogP contribution in [0, 0.1) is 6.08 Å². The van der Waals surface area contributed by atoms with E-state index < -0.39 is 11.7 Å². The maximum atomic E-state index is 12.6. The van der Waals surface area contributed by atoms with Crippen LogP contribution in [-0.2, 0) is 6.18 Å². The summed E-state index contributed by atoms with van der Waals surface area (Å²) < 4.78 is 37.9. The summed E-state index contributed by atoms with van der Waals surface area (Å²) in [6.07, 6.45) is 2.64. The van der Waals surface area contributed by atoms with Crippen LogP contribution in [0.15, 0.2) is 36.4 Å². The van der Waals surface area contributed by atoms with Crippen LogP contribution in [0.2, 0.25) is 0 Å².